The molecule has 0 spiro atoms. The minimum atomic E-state index is -6.82. The summed E-state index contributed by atoms with van der Waals surface area (Å²) in [7, 11) is 0. The van der Waals surface area contributed by atoms with Gasteiger partial charge in [0, 0.05) is 0 Å². The molecule has 0 aromatic carbocycles. The van der Waals surface area contributed by atoms with Gasteiger partial charge in [0.25, 0.3) is 0 Å². The molecule has 0 aliphatic carbocycles. The van der Waals surface area contributed by atoms with Gasteiger partial charge in [-0.2, -0.15) is 0 Å². The molecule has 0 radical (unpaired) electrons. The van der Waals surface area contributed by atoms with Crippen molar-refractivity contribution in [1.82, 2.24) is 0 Å². The molecule has 0 fully saturated rings. The van der Waals surface area contributed by atoms with Crippen LogP contribution >= 0.6 is 0 Å². The molecular weight excluding hydrogens is 1020 g/mol. The van der Waals surface area contributed by atoms with E-state index in [4.69, 9.17) is 12.3 Å². The van der Waals surface area contributed by atoms with Crippen molar-refractivity contribution >= 4 is 43.9 Å². The summed E-state index contributed by atoms with van der Waals surface area (Å²) < 4.78 is 26.8. The van der Waals surface area contributed by atoms with Gasteiger partial charge in [0.2, 0.25) is 0 Å². The van der Waals surface area contributed by atoms with Gasteiger partial charge >= 0.3 is 460 Å². The molecule has 0 unspecified atom stereocenters. The molecule has 0 bridgehead atoms. The Morgan fingerprint density at radius 1 is 0.260 bits per heavy atom. The average Bonchev–Trinajstić information content (AvgIpc) is 3.39. The van der Waals surface area contributed by atoms with E-state index in [-0.39, 0.29) is 22.3 Å². The summed E-state index contributed by atoms with van der Waals surface area (Å²) in [6.45, 7) is 43.8. The Kier molecular flexibility index (Phi) is 37.8. The normalized spacial score (nSPS) is 12.3. The van der Waals surface area contributed by atoms with Gasteiger partial charge in [-0.15, -0.1) is 0 Å². The number of carbonyl (C=O) groups excluding carboxylic acids is 4. The molecule has 0 saturated heterocycles. The Morgan fingerprint density at radius 2 is 0.370 bits per heavy atom. The fourth-order valence-corrected chi connectivity index (χ4v) is 15.9. The Hall–Kier alpha value is -2.36. The van der Waals surface area contributed by atoms with E-state index in [1.807, 2.05) is 0 Å². The van der Waals surface area contributed by atoms with Crippen LogP contribution in [0.5, 0.6) is 0 Å². The van der Waals surface area contributed by atoms with Crippen molar-refractivity contribution in [2.24, 2.45) is 21.7 Å². The van der Waals surface area contributed by atoms with Gasteiger partial charge in [-0.25, -0.2) is 0 Å². The van der Waals surface area contributed by atoms with E-state index < -0.39 is 65.6 Å². The SMILES string of the molecule is C=C(C(=O)[O][Sn]([O]C(=O)C(=C)C(CCCC)(CCCC)CCCC)([O]C(=O)C(=C)C(CCCC)(CCCC)CCCC)[O]C(=O)C(=C)C(CCCC)(CCCC)CCCC)C(CCCC)(CCCC)CCCC. The van der Waals surface area contributed by atoms with E-state index in [9.17, 15) is 0 Å². The zero-order chi connectivity index (χ0) is 55.4. The molecule has 0 aromatic heterocycles. The summed E-state index contributed by atoms with van der Waals surface area (Å²) in [6.07, 6.45) is 30.0. The second-order valence-electron chi connectivity index (χ2n) is 22.3. The molecule has 0 aliphatic rings. The predicted molar refractivity (Wildman–Crippen MR) is 311 cm³/mol. The molecular formula is C64H116O8Sn. The van der Waals surface area contributed by atoms with Gasteiger partial charge < -0.3 is 0 Å². The first-order chi connectivity index (χ1) is 34.9. The average molecular weight is 1130 g/mol. The fourth-order valence-electron chi connectivity index (χ4n) is 11.2. The molecule has 0 aliphatic heterocycles. The monoisotopic (exact) mass is 1130 g/mol. The molecule has 0 N–H and O–H groups in total. The number of rotatable bonds is 48. The number of unbranched alkanes of at least 4 members (excludes halogenated alkanes) is 12. The Balaban J connectivity index is 8.93. The third kappa shape index (κ3) is 23.0. The summed E-state index contributed by atoms with van der Waals surface area (Å²) in [5.74, 6) is -3.42. The molecule has 73 heavy (non-hydrogen) atoms. The fraction of sp³-hybridized carbons (Fsp3) is 0.812. The summed E-state index contributed by atoms with van der Waals surface area (Å²) in [5, 5.41) is 0. The first kappa shape index (κ1) is 70.6. The van der Waals surface area contributed by atoms with Crippen LogP contribution in [0.1, 0.15) is 314 Å². The van der Waals surface area contributed by atoms with Crippen molar-refractivity contribution in [3.8, 4) is 0 Å². The number of hydrogen-bond acceptors (Lipinski definition) is 8. The zero-order valence-electron chi connectivity index (χ0n) is 50.1. The molecule has 8 nitrogen and oxygen atoms in total. The molecule has 424 valence electrons. The second kappa shape index (κ2) is 39.1. The Labute approximate surface area is 457 Å². The van der Waals surface area contributed by atoms with Crippen molar-refractivity contribution in [2.75, 3.05) is 0 Å². The van der Waals surface area contributed by atoms with Crippen LogP contribution in [0.3, 0.4) is 0 Å². The van der Waals surface area contributed by atoms with Crippen molar-refractivity contribution < 1.29 is 31.5 Å². The van der Waals surface area contributed by atoms with E-state index in [0.29, 0.717) is 77.0 Å². The molecule has 9 heteroatoms. The van der Waals surface area contributed by atoms with Crippen LogP contribution in [-0.2, 0) is 31.5 Å². The van der Waals surface area contributed by atoms with E-state index in [1.165, 1.54) is 0 Å². The quantitative estimate of drug-likeness (QED) is 0.0438. The summed E-state index contributed by atoms with van der Waals surface area (Å²) in [5.41, 5.74) is -1.59. The predicted octanol–water partition coefficient (Wildman–Crippen LogP) is 20.0. The van der Waals surface area contributed by atoms with E-state index in [0.717, 1.165) is 154 Å². The van der Waals surface area contributed by atoms with Crippen molar-refractivity contribution in [1.29, 1.82) is 0 Å². The number of carbonyl (C=O) groups is 4. The van der Waals surface area contributed by atoms with Crippen LogP contribution < -0.4 is 0 Å². The molecule has 0 atom stereocenters. The van der Waals surface area contributed by atoms with Gasteiger partial charge in [-0.05, 0) is 0 Å². The molecule has 0 rings (SSSR count). The van der Waals surface area contributed by atoms with E-state index >= 15 is 19.2 Å². The number of hydrogen-bond donors (Lipinski definition) is 0. The third-order valence-corrected chi connectivity index (χ3v) is 21.5. The van der Waals surface area contributed by atoms with Crippen molar-refractivity contribution in [3.63, 3.8) is 0 Å². The first-order valence-electron chi connectivity index (χ1n) is 30.6. The maximum absolute atomic E-state index is 15.5. The minimum absolute atomic E-state index is 0.234. The maximum atomic E-state index is 15.5. The summed E-state index contributed by atoms with van der Waals surface area (Å²) in [4.78, 5) is 62.0. The van der Waals surface area contributed by atoms with E-state index in [1.54, 1.807) is 0 Å². The van der Waals surface area contributed by atoms with Crippen LogP contribution in [0.2, 0.25) is 0 Å². The van der Waals surface area contributed by atoms with E-state index in [2.05, 4.69) is 109 Å². The van der Waals surface area contributed by atoms with Gasteiger partial charge in [0.15, 0.2) is 0 Å². The van der Waals surface area contributed by atoms with Crippen molar-refractivity contribution in [2.45, 2.75) is 314 Å². The summed E-state index contributed by atoms with van der Waals surface area (Å²) in [6, 6.07) is 0. The molecule has 0 heterocycles. The second-order valence-corrected chi connectivity index (χ2v) is 27.5. The Bertz CT molecular complexity index is 1300. The molecule has 0 saturated carbocycles. The van der Waals surface area contributed by atoms with Crippen LogP contribution in [-0.4, -0.2) is 43.9 Å². The standard InChI is InChI=1S/4C16H30O2.Sn/c4*1-5-8-11-16(12-9-6-2,13-10-7-3)14(4)15(17)18;/h4*4-13H2,1-3H3,(H,17,18);/q;;;;+4/p-4. The molecule has 0 aromatic rings. The van der Waals surface area contributed by atoms with Gasteiger partial charge in [-0.3, -0.25) is 0 Å². The van der Waals surface area contributed by atoms with Gasteiger partial charge in [0.1, 0.15) is 0 Å². The van der Waals surface area contributed by atoms with Gasteiger partial charge in [-0.1, -0.05) is 0 Å². The van der Waals surface area contributed by atoms with Crippen LogP contribution in [0.25, 0.3) is 0 Å². The topological polar surface area (TPSA) is 105 Å². The van der Waals surface area contributed by atoms with Crippen LogP contribution in [0.15, 0.2) is 48.6 Å². The van der Waals surface area contributed by atoms with Crippen LogP contribution in [0, 0.1) is 21.7 Å². The first-order valence-corrected chi connectivity index (χ1v) is 35.3. The van der Waals surface area contributed by atoms with Crippen molar-refractivity contribution in [3.05, 3.63) is 48.6 Å². The zero-order valence-corrected chi connectivity index (χ0v) is 52.9. The third-order valence-electron chi connectivity index (χ3n) is 16.5. The molecule has 0 amide bonds. The van der Waals surface area contributed by atoms with Crippen LogP contribution in [0.4, 0.5) is 0 Å². The summed E-state index contributed by atoms with van der Waals surface area (Å²) >= 11 is -6.82. The van der Waals surface area contributed by atoms with Gasteiger partial charge in [0.05, 0.1) is 0 Å². The Morgan fingerprint density at radius 3 is 0.466 bits per heavy atom.